The predicted molar refractivity (Wildman–Crippen MR) is 77.8 cm³/mol. The van der Waals surface area contributed by atoms with Gasteiger partial charge in [0.25, 0.3) is 0 Å². The van der Waals surface area contributed by atoms with Gasteiger partial charge in [-0.15, -0.1) is 0 Å². The number of nitrogens with zero attached hydrogens (tertiary/aromatic N) is 1. The van der Waals surface area contributed by atoms with Gasteiger partial charge in [0, 0.05) is 32.1 Å². The Hall–Kier alpha value is -1.79. The molecule has 0 saturated carbocycles. The molecule has 1 saturated heterocycles. The molecule has 1 aliphatic heterocycles. The SMILES string of the molecule is CC(C)NC(=O)CCNC(=O)N1CCC(C)(C(=O)O)CC1. The van der Waals surface area contributed by atoms with Gasteiger partial charge in [0.2, 0.25) is 5.91 Å². The molecule has 0 spiro atoms. The number of carbonyl (C=O) groups excluding carboxylic acids is 2. The first-order valence-corrected chi connectivity index (χ1v) is 7.30. The Labute approximate surface area is 125 Å². The van der Waals surface area contributed by atoms with E-state index in [2.05, 4.69) is 10.6 Å². The molecule has 1 aliphatic rings. The first-order chi connectivity index (χ1) is 9.74. The van der Waals surface area contributed by atoms with E-state index < -0.39 is 11.4 Å². The fraction of sp³-hybridized carbons (Fsp3) is 0.786. The second kappa shape index (κ2) is 7.28. The predicted octanol–water partition coefficient (Wildman–Crippen LogP) is 0.797. The van der Waals surface area contributed by atoms with E-state index in [0.29, 0.717) is 25.9 Å². The van der Waals surface area contributed by atoms with E-state index >= 15 is 0 Å². The number of piperidine rings is 1. The maximum absolute atomic E-state index is 11.9. The van der Waals surface area contributed by atoms with Crippen molar-refractivity contribution in [1.29, 1.82) is 0 Å². The van der Waals surface area contributed by atoms with E-state index in [1.807, 2.05) is 13.8 Å². The largest absolute Gasteiger partial charge is 0.481 e. The van der Waals surface area contributed by atoms with Crippen LogP contribution in [0.25, 0.3) is 0 Å². The third kappa shape index (κ3) is 5.24. The van der Waals surface area contributed by atoms with Crippen molar-refractivity contribution in [1.82, 2.24) is 15.5 Å². The van der Waals surface area contributed by atoms with Crippen molar-refractivity contribution < 1.29 is 19.5 Å². The van der Waals surface area contributed by atoms with Crippen LogP contribution >= 0.6 is 0 Å². The highest BCUT2D eigenvalue weighted by Crippen LogP contribution is 2.30. The summed E-state index contributed by atoms with van der Waals surface area (Å²) in [7, 11) is 0. The topological polar surface area (TPSA) is 98.7 Å². The minimum Gasteiger partial charge on any atom is -0.481 e. The van der Waals surface area contributed by atoms with Gasteiger partial charge >= 0.3 is 12.0 Å². The highest BCUT2D eigenvalue weighted by atomic mass is 16.4. The average Bonchev–Trinajstić information content (AvgIpc) is 2.38. The maximum Gasteiger partial charge on any atom is 0.317 e. The number of carboxylic acids is 1. The van der Waals surface area contributed by atoms with E-state index in [4.69, 9.17) is 5.11 Å². The van der Waals surface area contributed by atoms with Gasteiger partial charge in [0.05, 0.1) is 5.41 Å². The van der Waals surface area contributed by atoms with Gasteiger partial charge < -0.3 is 20.6 Å². The summed E-state index contributed by atoms with van der Waals surface area (Å²) in [4.78, 5) is 36.1. The van der Waals surface area contributed by atoms with Gasteiger partial charge in [-0.3, -0.25) is 9.59 Å². The van der Waals surface area contributed by atoms with Crippen LogP contribution in [0.1, 0.15) is 40.0 Å². The third-order valence-corrected chi connectivity index (χ3v) is 3.75. The third-order valence-electron chi connectivity index (χ3n) is 3.75. The molecule has 0 atom stereocenters. The standard InChI is InChI=1S/C14H25N3O4/c1-10(2)16-11(18)4-7-15-13(21)17-8-5-14(3,6-9-17)12(19)20/h10H,4-9H2,1-3H3,(H,15,21)(H,16,18)(H,19,20). The van der Waals surface area contributed by atoms with Crippen molar-refractivity contribution >= 4 is 17.9 Å². The summed E-state index contributed by atoms with van der Waals surface area (Å²) in [6.45, 7) is 6.60. The van der Waals surface area contributed by atoms with E-state index in [-0.39, 0.29) is 30.9 Å². The molecular weight excluding hydrogens is 274 g/mol. The van der Waals surface area contributed by atoms with Crippen molar-refractivity contribution in [2.24, 2.45) is 5.41 Å². The molecular formula is C14H25N3O4. The molecule has 0 aromatic rings. The van der Waals surface area contributed by atoms with Crippen LogP contribution in [0, 0.1) is 5.41 Å². The molecule has 0 aromatic heterocycles. The smallest absolute Gasteiger partial charge is 0.317 e. The monoisotopic (exact) mass is 299 g/mol. The number of nitrogens with one attached hydrogen (secondary N) is 2. The van der Waals surface area contributed by atoms with Gasteiger partial charge in [0.1, 0.15) is 0 Å². The fourth-order valence-electron chi connectivity index (χ4n) is 2.21. The van der Waals surface area contributed by atoms with Gasteiger partial charge in [-0.2, -0.15) is 0 Å². The number of rotatable bonds is 5. The zero-order chi connectivity index (χ0) is 16.0. The molecule has 3 N–H and O–H groups in total. The van der Waals surface area contributed by atoms with Crippen molar-refractivity contribution in [3.63, 3.8) is 0 Å². The van der Waals surface area contributed by atoms with Crippen LogP contribution < -0.4 is 10.6 Å². The highest BCUT2D eigenvalue weighted by molar-refractivity contribution is 5.79. The summed E-state index contributed by atoms with van der Waals surface area (Å²) in [6.07, 6.45) is 1.14. The molecule has 0 aliphatic carbocycles. The summed E-state index contributed by atoms with van der Waals surface area (Å²) < 4.78 is 0. The zero-order valence-electron chi connectivity index (χ0n) is 12.9. The number of carboxylic acid groups (broad SMARTS) is 1. The molecule has 7 nitrogen and oxygen atoms in total. The molecule has 0 bridgehead atoms. The van der Waals surface area contributed by atoms with Crippen molar-refractivity contribution in [2.75, 3.05) is 19.6 Å². The van der Waals surface area contributed by atoms with Crippen LogP contribution in [-0.4, -0.2) is 53.6 Å². The summed E-state index contributed by atoms with van der Waals surface area (Å²) in [5, 5.41) is 14.6. The van der Waals surface area contributed by atoms with Crippen molar-refractivity contribution in [2.45, 2.75) is 46.1 Å². The number of amides is 3. The van der Waals surface area contributed by atoms with Gasteiger partial charge in [-0.05, 0) is 33.6 Å². The lowest BCUT2D eigenvalue weighted by Crippen LogP contribution is -2.49. The molecule has 120 valence electrons. The van der Waals surface area contributed by atoms with Gasteiger partial charge in [-0.1, -0.05) is 0 Å². The number of hydrogen-bond acceptors (Lipinski definition) is 3. The number of likely N-dealkylation sites (tertiary alicyclic amines) is 1. The molecule has 1 rings (SSSR count). The second-order valence-corrected chi connectivity index (χ2v) is 6.06. The lowest BCUT2D eigenvalue weighted by molar-refractivity contribution is -0.150. The van der Waals surface area contributed by atoms with Crippen LogP contribution in [0.2, 0.25) is 0 Å². The second-order valence-electron chi connectivity index (χ2n) is 6.06. The van der Waals surface area contributed by atoms with Crippen molar-refractivity contribution in [3.8, 4) is 0 Å². The fourth-order valence-corrected chi connectivity index (χ4v) is 2.21. The summed E-state index contributed by atoms with van der Waals surface area (Å²) in [5.41, 5.74) is -0.742. The van der Waals surface area contributed by atoms with Crippen LogP contribution in [0.3, 0.4) is 0 Å². The molecule has 21 heavy (non-hydrogen) atoms. The summed E-state index contributed by atoms with van der Waals surface area (Å²) >= 11 is 0. The summed E-state index contributed by atoms with van der Waals surface area (Å²) in [6, 6.07) is -0.149. The van der Waals surface area contributed by atoms with E-state index in [0.717, 1.165) is 0 Å². The van der Waals surface area contributed by atoms with E-state index in [1.165, 1.54) is 0 Å². The first-order valence-electron chi connectivity index (χ1n) is 7.30. The molecule has 3 amide bonds. The van der Waals surface area contributed by atoms with Gasteiger partial charge in [0.15, 0.2) is 0 Å². The van der Waals surface area contributed by atoms with Crippen LogP contribution in [0.5, 0.6) is 0 Å². The number of carbonyl (C=O) groups is 3. The van der Waals surface area contributed by atoms with Gasteiger partial charge in [-0.25, -0.2) is 4.79 Å². The Balaban J connectivity index is 2.29. The maximum atomic E-state index is 11.9. The Morgan fingerprint density at radius 2 is 1.81 bits per heavy atom. The van der Waals surface area contributed by atoms with Crippen molar-refractivity contribution in [3.05, 3.63) is 0 Å². The normalized spacial score (nSPS) is 17.4. The Morgan fingerprint density at radius 3 is 2.29 bits per heavy atom. The lowest BCUT2D eigenvalue weighted by Gasteiger charge is -2.36. The molecule has 0 unspecified atom stereocenters. The minimum absolute atomic E-state index is 0.0870. The quantitative estimate of drug-likeness (QED) is 0.699. The minimum atomic E-state index is -0.812. The number of urea groups is 1. The molecule has 0 aromatic carbocycles. The molecule has 1 heterocycles. The number of aliphatic carboxylic acids is 1. The average molecular weight is 299 g/mol. The van der Waals surface area contributed by atoms with Crippen LogP contribution in [-0.2, 0) is 9.59 Å². The Morgan fingerprint density at radius 1 is 1.24 bits per heavy atom. The van der Waals surface area contributed by atoms with E-state index in [9.17, 15) is 14.4 Å². The molecule has 0 radical (unpaired) electrons. The Kier molecular flexibility index (Phi) is 5.99. The van der Waals surface area contributed by atoms with Crippen LogP contribution in [0.15, 0.2) is 0 Å². The summed E-state index contributed by atoms with van der Waals surface area (Å²) in [5.74, 6) is -0.907. The van der Waals surface area contributed by atoms with E-state index in [1.54, 1.807) is 11.8 Å². The van der Waals surface area contributed by atoms with Crippen LogP contribution in [0.4, 0.5) is 4.79 Å². The lowest BCUT2D eigenvalue weighted by atomic mass is 9.80. The molecule has 1 fully saturated rings. The highest BCUT2D eigenvalue weighted by Gasteiger charge is 2.37. The zero-order valence-corrected chi connectivity index (χ0v) is 12.9. The molecule has 7 heteroatoms. The Bertz CT molecular complexity index is 401. The first kappa shape index (κ1) is 17.3. The number of hydrogen-bond donors (Lipinski definition) is 3.